The zero-order valence-electron chi connectivity index (χ0n) is 15.0. The Morgan fingerprint density at radius 3 is 2.92 bits per heavy atom. The van der Waals surface area contributed by atoms with Crippen LogP contribution >= 0.6 is 0 Å². The molecule has 6 nitrogen and oxygen atoms in total. The fraction of sp³-hybridized carbons (Fsp3) is 0.611. The molecule has 0 saturated carbocycles. The van der Waals surface area contributed by atoms with E-state index >= 15 is 0 Å². The highest BCUT2D eigenvalue weighted by Crippen LogP contribution is 2.22. The first kappa shape index (κ1) is 16.7. The molecule has 3 rings (SSSR count). The smallest absolute Gasteiger partial charge is 0.410 e. The predicted octanol–water partition coefficient (Wildman–Crippen LogP) is 3.23. The molecule has 0 spiro atoms. The van der Waals surface area contributed by atoms with Crippen molar-refractivity contribution in [3.8, 4) is 0 Å². The van der Waals surface area contributed by atoms with E-state index in [1.807, 2.05) is 50.9 Å². The van der Waals surface area contributed by atoms with Gasteiger partial charge in [-0.1, -0.05) is 6.07 Å². The maximum absolute atomic E-state index is 12.3. The van der Waals surface area contributed by atoms with Gasteiger partial charge in [0.1, 0.15) is 11.4 Å². The minimum absolute atomic E-state index is 0.214. The van der Waals surface area contributed by atoms with E-state index in [1.54, 1.807) is 0 Å². The van der Waals surface area contributed by atoms with Crippen LogP contribution in [0.3, 0.4) is 0 Å². The van der Waals surface area contributed by atoms with Crippen LogP contribution in [-0.4, -0.2) is 44.3 Å². The zero-order valence-corrected chi connectivity index (χ0v) is 15.0. The van der Waals surface area contributed by atoms with Gasteiger partial charge in [0.15, 0.2) is 5.65 Å². The van der Waals surface area contributed by atoms with Gasteiger partial charge in [-0.05, 0) is 58.1 Å². The van der Waals surface area contributed by atoms with Crippen molar-refractivity contribution < 1.29 is 9.53 Å². The lowest BCUT2D eigenvalue weighted by Gasteiger charge is -2.33. The van der Waals surface area contributed by atoms with Crippen molar-refractivity contribution in [3.05, 3.63) is 29.7 Å². The Kier molecular flexibility index (Phi) is 4.47. The van der Waals surface area contributed by atoms with Crippen LogP contribution < -0.4 is 0 Å². The number of rotatable bonds is 2. The molecule has 1 atom stereocenters. The van der Waals surface area contributed by atoms with Crippen LogP contribution in [0, 0.1) is 12.8 Å². The topological polar surface area (TPSA) is 59.7 Å². The Hall–Kier alpha value is -2.11. The molecule has 1 fully saturated rings. The second kappa shape index (κ2) is 6.42. The van der Waals surface area contributed by atoms with Crippen molar-refractivity contribution in [1.82, 2.24) is 19.5 Å². The fourth-order valence-corrected chi connectivity index (χ4v) is 3.22. The molecule has 6 heteroatoms. The highest BCUT2D eigenvalue weighted by molar-refractivity contribution is 5.68. The number of hydrogen-bond donors (Lipinski definition) is 0. The van der Waals surface area contributed by atoms with Crippen LogP contribution in [-0.2, 0) is 11.2 Å². The van der Waals surface area contributed by atoms with Crippen LogP contribution in [0.4, 0.5) is 4.79 Å². The number of pyridine rings is 1. The first-order chi connectivity index (χ1) is 11.3. The molecule has 2 aromatic rings. The summed E-state index contributed by atoms with van der Waals surface area (Å²) < 4.78 is 7.56. The van der Waals surface area contributed by atoms with Gasteiger partial charge in [0.2, 0.25) is 0 Å². The first-order valence-electron chi connectivity index (χ1n) is 8.60. The van der Waals surface area contributed by atoms with E-state index in [0.717, 1.165) is 49.4 Å². The highest BCUT2D eigenvalue weighted by Gasteiger charge is 2.28. The molecule has 0 bridgehead atoms. The molecule has 3 heterocycles. The summed E-state index contributed by atoms with van der Waals surface area (Å²) in [6, 6.07) is 4.06. The molecule has 1 unspecified atom stereocenters. The molecule has 24 heavy (non-hydrogen) atoms. The Labute approximate surface area is 142 Å². The summed E-state index contributed by atoms with van der Waals surface area (Å²) in [5, 5.41) is 8.65. The van der Waals surface area contributed by atoms with Crippen molar-refractivity contribution in [2.45, 2.75) is 52.6 Å². The zero-order chi connectivity index (χ0) is 17.3. The number of amides is 1. The van der Waals surface area contributed by atoms with Crippen molar-refractivity contribution in [1.29, 1.82) is 0 Å². The third-order valence-corrected chi connectivity index (χ3v) is 4.34. The summed E-state index contributed by atoms with van der Waals surface area (Å²) in [6.07, 6.45) is 4.71. The SMILES string of the molecule is Cc1cccn2c(CC3CCCN(C(=O)OC(C)(C)C)C3)nnc12. The monoisotopic (exact) mass is 330 g/mol. The quantitative estimate of drug-likeness (QED) is 0.848. The maximum atomic E-state index is 12.3. The number of aromatic nitrogens is 3. The molecule has 0 aromatic carbocycles. The van der Waals surface area contributed by atoms with E-state index < -0.39 is 5.60 Å². The predicted molar refractivity (Wildman–Crippen MR) is 92.0 cm³/mol. The third kappa shape index (κ3) is 3.68. The van der Waals surface area contributed by atoms with Crippen LogP contribution in [0.2, 0.25) is 0 Å². The van der Waals surface area contributed by atoms with Crippen LogP contribution in [0.5, 0.6) is 0 Å². The first-order valence-corrected chi connectivity index (χ1v) is 8.60. The van der Waals surface area contributed by atoms with Gasteiger partial charge >= 0.3 is 6.09 Å². The van der Waals surface area contributed by atoms with E-state index in [-0.39, 0.29) is 6.09 Å². The second-order valence-corrected chi connectivity index (χ2v) is 7.64. The Morgan fingerprint density at radius 2 is 2.17 bits per heavy atom. The summed E-state index contributed by atoms with van der Waals surface area (Å²) in [6.45, 7) is 9.23. The summed E-state index contributed by atoms with van der Waals surface area (Å²) in [5.74, 6) is 1.35. The van der Waals surface area contributed by atoms with Gasteiger partial charge in [0.25, 0.3) is 0 Å². The summed E-state index contributed by atoms with van der Waals surface area (Å²) in [4.78, 5) is 14.1. The molecule has 130 valence electrons. The minimum atomic E-state index is -0.454. The van der Waals surface area contributed by atoms with Crippen LogP contribution in [0.15, 0.2) is 18.3 Å². The van der Waals surface area contributed by atoms with Gasteiger partial charge in [0, 0.05) is 25.7 Å². The standard InChI is InChI=1S/C18H26N4O2/c1-13-7-5-10-22-15(19-20-16(13)22)11-14-8-6-9-21(12-14)17(23)24-18(2,3)4/h5,7,10,14H,6,8-9,11-12H2,1-4H3. The largest absolute Gasteiger partial charge is 0.444 e. The van der Waals surface area contributed by atoms with E-state index in [0.29, 0.717) is 5.92 Å². The minimum Gasteiger partial charge on any atom is -0.444 e. The second-order valence-electron chi connectivity index (χ2n) is 7.64. The van der Waals surface area contributed by atoms with E-state index in [4.69, 9.17) is 4.74 Å². The Balaban J connectivity index is 1.69. The molecule has 2 aromatic heterocycles. The number of carbonyl (C=O) groups is 1. The third-order valence-electron chi connectivity index (χ3n) is 4.34. The number of ether oxygens (including phenoxy) is 1. The number of aryl methyl sites for hydroxylation is 1. The molecule has 1 amide bonds. The van der Waals surface area contributed by atoms with Crippen LogP contribution in [0.25, 0.3) is 5.65 Å². The average Bonchev–Trinajstić information content (AvgIpc) is 2.90. The molecule has 1 saturated heterocycles. The number of fused-ring (bicyclic) bond motifs is 1. The van der Waals surface area contributed by atoms with Gasteiger partial charge in [-0.25, -0.2) is 4.79 Å². The lowest BCUT2D eigenvalue weighted by Crippen LogP contribution is -2.43. The number of likely N-dealkylation sites (tertiary alicyclic amines) is 1. The molecular formula is C18H26N4O2. The summed E-state index contributed by atoms with van der Waals surface area (Å²) in [5.41, 5.74) is 1.58. The lowest BCUT2D eigenvalue weighted by atomic mass is 9.94. The molecular weight excluding hydrogens is 304 g/mol. The van der Waals surface area contributed by atoms with Gasteiger partial charge in [-0.15, -0.1) is 10.2 Å². The van der Waals surface area contributed by atoms with Crippen molar-refractivity contribution in [2.24, 2.45) is 5.92 Å². The maximum Gasteiger partial charge on any atom is 0.410 e. The fourth-order valence-electron chi connectivity index (χ4n) is 3.22. The summed E-state index contributed by atoms with van der Waals surface area (Å²) >= 11 is 0. The Morgan fingerprint density at radius 1 is 1.38 bits per heavy atom. The lowest BCUT2D eigenvalue weighted by molar-refractivity contribution is 0.0165. The highest BCUT2D eigenvalue weighted by atomic mass is 16.6. The molecule has 1 aliphatic rings. The van der Waals surface area contributed by atoms with Crippen molar-refractivity contribution >= 4 is 11.7 Å². The van der Waals surface area contributed by atoms with Gasteiger partial charge < -0.3 is 9.64 Å². The number of piperidine rings is 1. The van der Waals surface area contributed by atoms with Gasteiger partial charge in [0.05, 0.1) is 0 Å². The number of hydrogen-bond acceptors (Lipinski definition) is 4. The average molecular weight is 330 g/mol. The van der Waals surface area contributed by atoms with E-state index in [9.17, 15) is 4.79 Å². The molecule has 0 radical (unpaired) electrons. The van der Waals surface area contributed by atoms with E-state index in [2.05, 4.69) is 14.6 Å². The van der Waals surface area contributed by atoms with Crippen LogP contribution in [0.1, 0.15) is 45.0 Å². The Bertz CT molecular complexity index is 732. The van der Waals surface area contributed by atoms with Crippen molar-refractivity contribution in [2.75, 3.05) is 13.1 Å². The molecule has 0 N–H and O–H groups in total. The molecule has 0 aliphatic carbocycles. The normalized spacial score (nSPS) is 18.8. The summed E-state index contributed by atoms with van der Waals surface area (Å²) in [7, 11) is 0. The van der Waals surface area contributed by atoms with E-state index in [1.165, 1.54) is 0 Å². The number of nitrogens with zero attached hydrogens (tertiary/aromatic N) is 4. The van der Waals surface area contributed by atoms with Gasteiger partial charge in [-0.2, -0.15) is 0 Å². The molecule has 1 aliphatic heterocycles. The van der Waals surface area contributed by atoms with Gasteiger partial charge in [-0.3, -0.25) is 4.40 Å². The van der Waals surface area contributed by atoms with Crippen molar-refractivity contribution in [3.63, 3.8) is 0 Å². The number of carbonyl (C=O) groups excluding carboxylic acids is 1.